The van der Waals surface area contributed by atoms with Crippen molar-refractivity contribution in [3.05, 3.63) is 28.3 Å². The maximum Gasteiger partial charge on any atom is 0.292 e. The fourth-order valence-corrected chi connectivity index (χ4v) is 1.64. The summed E-state index contributed by atoms with van der Waals surface area (Å²) in [5.41, 5.74) is 6.61. The van der Waals surface area contributed by atoms with Crippen LogP contribution in [0.15, 0.2) is 18.2 Å². The number of nitrogens with zero attached hydrogens (tertiary/aromatic N) is 1. The van der Waals surface area contributed by atoms with Crippen LogP contribution in [0.1, 0.15) is 20.3 Å². The Morgan fingerprint density at radius 3 is 2.68 bits per heavy atom. The van der Waals surface area contributed by atoms with E-state index >= 15 is 0 Å². The Balaban J connectivity index is 2.63. The van der Waals surface area contributed by atoms with Crippen molar-refractivity contribution in [2.24, 2.45) is 5.41 Å². The summed E-state index contributed by atoms with van der Waals surface area (Å²) >= 11 is 0. The number of hydrogen-bond donors (Lipinski definition) is 2. The molecule has 0 aliphatic heterocycles. The topological polar surface area (TPSA) is 90.4 Å². The summed E-state index contributed by atoms with van der Waals surface area (Å²) in [4.78, 5) is 10.2. The SMILES string of the molecule is COCCC(C)(C)CNc1ccc([N+](=O)[O-])c(N)c1. The first-order chi connectivity index (χ1) is 8.85. The van der Waals surface area contributed by atoms with E-state index in [-0.39, 0.29) is 16.8 Å². The molecule has 0 aliphatic carbocycles. The zero-order chi connectivity index (χ0) is 14.5. The highest BCUT2D eigenvalue weighted by Crippen LogP contribution is 2.26. The van der Waals surface area contributed by atoms with E-state index in [2.05, 4.69) is 19.2 Å². The molecule has 0 saturated heterocycles. The van der Waals surface area contributed by atoms with Crippen LogP contribution in [0.25, 0.3) is 0 Å². The van der Waals surface area contributed by atoms with Crippen molar-refractivity contribution in [1.82, 2.24) is 0 Å². The maximum atomic E-state index is 10.7. The number of ether oxygens (including phenoxy) is 1. The number of anilines is 2. The largest absolute Gasteiger partial charge is 0.393 e. The molecule has 0 saturated carbocycles. The minimum absolute atomic E-state index is 0.0656. The number of nitrogens with two attached hydrogens (primary N) is 1. The van der Waals surface area contributed by atoms with Gasteiger partial charge in [0, 0.05) is 32.0 Å². The smallest absolute Gasteiger partial charge is 0.292 e. The van der Waals surface area contributed by atoms with E-state index in [1.165, 1.54) is 6.07 Å². The molecule has 0 heterocycles. The normalized spacial score (nSPS) is 11.3. The zero-order valence-corrected chi connectivity index (χ0v) is 11.6. The van der Waals surface area contributed by atoms with Crippen LogP contribution in [-0.2, 0) is 4.74 Å². The van der Waals surface area contributed by atoms with E-state index in [0.717, 1.165) is 18.7 Å². The van der Waals surface area contributed by atoms with Crippen molar-refractivity contribution in [3.63, 3.8) is 0 Å². The molecule has 0 radical (unpaired) electrons. The molecular weight excluding hydrogens is 246 g/mol. The van der Waals surface area contributed by atoms with E-state index in [4.69, 9.17) is 10.5 Å². The van der Waals surface area contributed by atoms with Gasteiger partial charge in [-0.25, -0.2) is 0 Å². The van der Waals surface area contributed by atoms with Crippen molar-refractivity contribution in [2.45, 2.75) is 20.3 Å². The number of benzene rings is 1. The van der Waals surface area contributed by atoms with Gasteiger partial charge in [-0.1, -0.05) is 13.8 Å². The van der Waals surface area contributed by atoms with E-state index in [0.29, 0.717) is 6.61 Å². The molecule has 0 bridgehead atoms. The zero-order valence-electron chi connectivity index (χ0n) is 11.6. The number of methoxy groups -OCH3 is 1. The molecule has 106 valence electrons. The molecule has 6 nitrogen and oxygen atoms in total. The van der Waals surface area contributed by atoms with Gasteiger partial charge in [0.1, 0.15) is 5.69 Å². The third-order valence-electron chi connectivity index (χ3n) is 2.98. The molecule has 0 aliphatic rings. The molecule has 1 rings (SSSR count). The van der Waals surface area contributed by atoms with E-state index in [1.807, 2.05) is 0 Å². The molecule has 1 aromatic carbocycles. The number of rotatable bonds is 7. The average molecular weight is 267 g/mol. The Morgan fingerprint density at radius 2 is 2.16 bits per heavy atom. The predicted octanol–water partition coefficient (Wildman–Crippen LogP) is 2.65. The van der Waals surface area contributed by atoms with Crippen LogP contribution in [0.4, 0.5) is 17.1 Å². The van der Waals surface area contributed by atoms with Gasteiger partial charge < -0.3 is 15.8 Å². The maximum absolute atomic E-state index is 10.7. The number of hydrogen-bond acceptors (Lipinski definition) is 5. The second-order valence-corrected chi connectivity index (χ2v) is 5.29. The van der Waals surface area contributed by atoms with Gasteiger partial charge in [0.2, 0.25) is 0 Å². The highest BCUT2D eigenvalue weighted by Gasteiger charge is 2.18. The van der Waals surface area contributed by atoms with Gasteiger partial charge in [-0.2, -0.15) is 0 Å². The van der Waals surface area contributed by atoms with Crippen LogP contribution >= 0.6 is 0 Å². The third-order valence-corrected chi connectivity index (χ3v) is 2.98. The Labute approximate surface area is 113 Å². The van der Waals surface area contributed by atoms with E-state index in [9.17, 15) is 10.1 Å². The minimum atomic E-state index is -0.484. The first kappa shape index (κ1) is 15.2. The molecule has 0 fully saturated rings. The number of nitrogens with one attached hydrogen (secondary N) is 1. The van der Waals surface area contributed by atoms with Crippen LogP contribution < -0.4 is 11.1 Å². The summed E-state index contributed by atoms with van der Waals surface area (Å²) in [6.45, 7) is 5.71. The lowest BCUT2D eigenvalue weighted by molar-refractivity contribution is -0.383. The molecule has 0 atom stereocenters. The second kappa shape index (κ2) is 6.38. The molecule has 0 unspecified atom stereocenters. The van der Waals surface area contributed by atoms with Gasteiger partial charge >= 0.3 is 0 Å². The quantitative estimate of drug-likeness (QED) is 0.450. The Bertz CT molecular complexity index is 447. The van der Waals surface area contributed by atoms with Crippen molar-refractivity contribution < 1.29 is 9.66 Å². The van der Waals surface area contributed by atoms with E-state index < -0.39 is 4.92 Å². The standard InChI is InChI=1S/C13H21N3O3/c1-13(2,6-7-19-3)9-15-10-4-5-12(16(17)18)11(14)8-10/h4-5,8,15H,6-7,9,14H2,1-3H3. The van der Waals surface area contributed by atoms with Crippen LogP contribution in [0.3, 0.4) is 0 Å². The molecule has 0 spiro atoms. The summed E-state index contributed by atoms with van der Waals surface area (Å²) in [6.07, 6.45) is 0.930. The Hall–Kier alpha value is -1.82. The van der Waals surface area contributed by atoms with Crippen molar-refractivity contribution in [1.29, 1.82) is 0 Å². The molecule has 0 amide bonds. The van der Waals surface area contributed by atoms with Crippen molar-refractivity contribution in [2.75, 3.05) is 31.3 Å². The highest BCUT2D eigenvalue weighted by molar-refractivity contribution is 5.65. The molecule has 1 aromatic rings. The molecule has 19 heavy (non-hydrogen) atoms. The van der Waals surface area contributed by atoms with Crippen LogP contribution in [0, 0.1) is 15.5 Å². The molecule has 0 aromatic heterocycles. The van der Waals surface area contributed by atoms with Gasteiger partial charge in [-0.3, -0.25) is 10.1 Å². The van der Waals surface area contributed by atoms with Gasteiger partial charge in [0.05, 0.1) is 4.92 Å². The fraction of sp³-hybridized carbons (Fsp3) is 0.538. The highest BCUT2D eigenvalue weighted by atomic mass is 16.6. The first-order valence-corrected chi connectivity index (χ1v) is 6.12. The summed E-state index contributed by atoms with van der Waals surface area (Å²) < 4.78 is 5.07. The van der Waals surface area contributed by atoms with Crippen LogP contribution in [0.5, 0.6) is 0 Å². The fourth-order valence-electron chi connectivity index (χ4n) is 1.64. The minimum Gasteiger partial charge on any atom is -0.393 e. The van der Waals surface area contributed by atoms with E-state index in [1.54, 1.807) is 19.2 Å². The number of nitrogen functional groups attached to an aromatic ring is 1. The monoisotopic (exact) mass is 267 g/mol. The predicted molar refractivity (Wildman–Crippen MR) is 76.3 cm³/mol. The van der Waals surface area contributed by atoms with Crippen molar-refractivity contribution >= 4 is 17.1 Å². The average Bonchev–Trinajstić information content (AvgIpc) is 2.34. The van der Waals surface area contributed by atoms with Crippen LogP contribution in [0.2, 0.25) is 0 Å². The Kier molecular flexibility index (Phi) is 5.11. The third kappa shape index (κ3) is 4.75. The number of nitro groups is 1. The van der Waals surface area contributed by atoms with Gasteiger partial charge in [-0.05, 0) is 24.0 Å². The van der Waals surface area contributed by atoms with Crippen LogP contribution in [-0.4, -0.2) is 25.2 Å². The van der Waals surface area contributed by atoms with Gasteiger partial charge in [0.15, 0.2) is 0 Å². The summed E-state index contributed by atoms with van der Waals surface area (Å²) in [7, 11) is 1.68. The van der Waals surface area contributed by atoms with Crippen molar-refractivity contribution in [3.8, 4) is 0 Å². The van der Waals surface area contributed by atoms with Gasteiger partial charge in [-0.15, -0.1) is 0 Å². The second-order valence-electron chi connectivity index (χ2n) is 5.29. The van der Waals surface area contributed by atoms with Gasteiger partial charge in [0.25, 0.3) is 5.69 Å². The lowest BCUT2D eigenvalue weighted by Crippen LogP contribution is -2.24. The summed E-state index contributed by atoms with van der Waals surface area (Å²) in [5, 5.41) is 13.9. The molecule has 6 heteroatoms. The molecule has 3 N–H and O–H groups in total. The Morgan fingerprint density at radius 1 is 1.47 bits per heavy atom. The number of nitro benzene ring substituents is 1. The lowest BCUT2D eigenvalue weighted by atomic mass is 9.89. The summed E-state index contributed by atoms with van der Waals surface area (Å²) in [5.74, 6) is 0. The first-order valence-electron chi connectivity index (χ1n) is 6.12. The summed E-state index contributed by atoms with van der Waals surface area (Å²) in [6, 6.07) is 4.67. The lowest BCUT2D eigenvalue weighted by Gasteiger charge is -2.25. The molecular formula is C13H21N3O3.